The van der Waals surface area contributed by atoms with E-state index in [4.69, 9.17) is 5.11 Å². The van der Waals surface area contributed by atoms with Crippen LogP contribution in [0.2, 0.25) is 0 Å². The van der Waals surface area contributed by atoms with E-state index < -0.39 is 11.8 Å². The molecule has 0 aliphatic rings. The molecule has 110 valence electrons. The highest BCUT2D eigenvalue weighted by atomic mass is 16.4. The Hall–Kier alpha value is -3.20. The maximum absolute atomic E-state index is 12.1. The largest absolute Gasteiger partial charge is 0.475 e. The van der Waals surface area contributed by atoms with Crippen molar-refractivity contribution in [1.82, 2.24) is 0 Å². The normalized spacial score (nSPS) is 11.1. The van der Waals surface area contributed by atoms with E-state index in [0.29, 0.717) is 5.39 Å². The Labute approximate surface area is 131 Å². The predicted octanol–water partition coefficient (Wildman–Crippen LogP) is 4.41. The van der Waals surface area contributed by atoms with Gasteiger partial charge in [-0.3, -0.25) is 4.79 Å². The number of benzene rings is 4. The number of ketones is 1. The predicted molar refractivity (Wildman–Crippen MR) is 90.9 cm³/mol. The number of rotatable bonds is 2. The fourth-order valence-corrected chi connectivity index (χ4v) is 3.26. The summed E-state index contributed by atoms with van der Waals surface area (Å²) in [5.41, 5.74) is 0.233. The minimum Gasteiger partial charge on any atom is -0.475 e. The van der Waals surface area contributed by atoms with Gasteiger partial charge in [-0.15, -0.1) is 0 Å². The summed E-state index contributed by atoms with van der Waals surface area (Å²) in [5.74, 6) is -2.31. The molecule has 4 aromatic carbocycles. The summed E-state index contributed by atoms with van der Waals surface area (Å²) in [7, 11) is 0. The summed E-state index contributed by atoms with van der Waals surface area (Å²) >= 11 is 0. The first-order valence-electron chi connectivity index (χ1n) is 7.28. The summed E-state index contributed by atoms with van der Waals surface area (Å²) in [4.78, 5) is 23.3. The molecule has 0 aromatic heterocycles. The fourth-order valence-electron chi connectivity index (χ4n) is 3.26. The zero-order valence-electron chi connectivity index (χ0n) is 12.1. The molecule has 0 aliphatic carbocycles. The van der Waals surface area contributed by atoms with E-state index in [9.17, 15) is 9.59 Å². The molecule has 0 bridgehead atoms. The Balaban J connectivity index is 2.33. The van der Waals surface area contributed by atoms with Gasteiger partial charge in [-0.25, -0.2) is 4.79 Å². The third kappa shape index (κ3) is 1.90. The molecular weight excluding hydrogens is 288 g/mol. The second kappa shape index (κ2) is 4.92. The van der Waals surface area contributed by atoms with Gasteiger partial charge in [-0.05, 0) is 26.9 Å². The Bertz CT molecular complexity index is 1060. The third-order valence-corrected chi connectivity index (χ3v) is 4.21. The van der Waals surface area contributed by atoms with Gasteiger partial charge in [0.15, 0.2) is 0 Å². The second-order valence-corrected chi connectivity index (χ2v) is 5.45. The van der Waals surface area contributed by atoms with Crippen LogP contribution in [0.15, 0.2) is 66.7 Å². The lowest BCUT2D eigenvalue weighted by molar-refractivity contribution is -0.131. The lowest BCUT2D eigenvalue weighted by atomic mass is 9.90. The molecule has 0 spiro atoms. The van der Waals surface area contributed by atoms with Crippen LogP contribution in [-0.4, -0.2) is 16.9 Å². The van der Waals surface area contributed by atoms with Crippen LogP contribution >= 0.6 is 0 Å². The number of hydrogen-bond donors (Lipinski definition) is 1. The van der Waals surface area contributed by atoms with Crippen LogP contribution in [0.25, 0.3) is 32.3 Å². The maximum Gasteiger partial charge on any atom is 0.377 e. The van der Waals surface area contributed by atoms with E-state index in [1.807, 2.05) is 54.6 Å². The quantitative estimate of drug-likeness (QED) is 0.339. The van der Waals surface area contributed by atoms with Crippen molar-refractivity contribution in [1.29, 1.82) is 0 Å². The Morgan fingerprint density at radius 2 is 1.04 bits per heavy atom. The standard InChI is InChI=1S/C20H12O3/c21-19(20(22)23)17-11-5-10-16-14-7-2-1-6-12(14)13-8-3-4-9-15(13)18(16)17/h1-11H,(H,22,23). The van der Waals surface area contributed by atoms with Crippen molar-refractivity contribution in [3.05, 3.63) is 72.3 Å². The van der Waals surface area contributed by atoms with E-state index in [1.54, 1.807) is 12.1 Å². The van der Waals surface area contributed by atoms with Crippen LogP contribution in [0, 0.1) is 0 Å². The van der Waals surface area contributed by atoms with Gasteiger partial charge in [0.2, 0.25) is 0 Å². The SMILES string of the molecule is O=C(O)C(=O)c1cccc2c3ccccc3c3ccccc3c12. The van der Waals surface area contributed by atoms with Gasteiger partial charge in [0, 0.05) is 10.9 Å². The van der Waals surface area contributed by atoms with Crippen LogP contribution in [-0.2, 0) is 4.79 Å². The highest BCUT2D eigenvalue weighted by Gasteiger charge is 2.20. The lowest BCUT2D eigenvalue weighted by Crippen LogP contribution is -2.13. The Kier molecular flexibility index (Phi) is 2.88. The van der Waals surface area contributed by atoms with Gasteiger partial charge in [0.1, 0.15) is 0 Å². The summed E-state index contributed by atoms with van der Waals surface area (Å²) < 4.78 is 0. The molecule has 0 saturated carbocycles. The molecule has 4 rings (SSSR count). The Morgan fingerprint density at radius 1 is 0.609 bits per heavy atom. The van der Waals surface area contributed by atoms with E-state index in [1.165, 1.54) is 0 Å². The molecule has 0 atom stereocenters. The highest BCUT2D eigenvalue weighted by Crippen LogP contribution is 2.36. The molecule has 0 saturated heterocycles. The number of carbonyl (C=O) groups is 2. The van der Waals surface area contributed by atoms with Crippen molar-refractivity contribution >= 4 is 44.1 Å². The van der Waals surface area contributed by atoms with Crippen LogP contribution in [0.1, 0.15) is 10.4 Å². The summed E-state index contributed by atoms with van der Waals surface area (Å²) in [5, 5.41) is 14.7. The van der Waals surface area contributed by atoms with Gasteiger partial charge in [0.25, 0.3) is 5.78 Å². The molecule has 1 N–H and O–H groups in total. The summed E-state index contributed by atoms with van der Waals surface area (Å²) in [6.45, 7) is 0. The Morgan fingerprint density at radius 3 is 1.57 bits per heavy atom. The van der Waals surface area contributed by atoms with Crippen LogP contribution in [0.4, 0.5) is 0 Å². The van der Waals surface area contributed by atoms with Crippen LogP contribution in [0.5, 0.6) is 0 Å². The number of carboxylic acids is 1. The number of Topliss-reactive ketones (excluding diaryl/α,β-unsaturated/α-hetero) is 1. The third-order valence-electron chi connectivity index (χ3n) is 4.21. The first-order valence-corrected chi connectivity index (χ1v) is 7.28. The number of fused-ring (bicyclic) bond motifs is 6. The van der Waals surface area contributed by atoms with Crippen LogP contribution in [0.3, 0.4) is 0 Å². The molecule has 23 heavy (non-hydrogen) atoms. The number of aliphatic carboxylic acids is 1. The molecule has 0 unspecified atom stereocenters. The van der Waals surface area contributed by atoms with Crippen molar-refractivity contribution in [2.75, 3.05) is 0 Å². The maximum atomic E-state index is 12.1. The van der Waals surface area contributed by atoms with Gasteiger partial charge in [-0.1, -0.05) is 66.7 Å². The average molecular weight is 300 g/mol. The van der Waals surface area contributed by atoms with Crippen molar-refractivity contribution in [2.24, 2.45) is 0 Å². The van der Waals surface area contributed by atoms with Gasteiger partial charge in [-0.2, -0.15) is 0 Å². The van der Waals surface area contributed by atoms with Crippen LogP contribution < -0.4 is 0 Å². The molecule has 3 nitrogen and oxygen atoms in total. The smallest absolute Gasteiger partial charge is 0.377 e. The molecule has 0 radical (unpaired) electrons. The number of carboxylic acid groups (broad SMARTS) is 1. The molecule has 0 heterocycles. The van der Waals surface area contributed by atoms with Crippen molar-refractivity contribution in [3.63, 3.8) is 0 Å². The number of hydrogen-bond acceptors (Lipinski definition) is 2. The van der Waals surface area contributed by atoms with Crippen molar-refractivity contribution < 1.29 is 14.7 Å². The van der Waals surface area contributed by atoms with Gasteiger partial charge >= 0.3 is 5.97 Å². The van der Waals surface area contributed by atoms with E-state index in [2.05, 4.69) is 0 Å². The fraction of sp³-hybridized carbons (Fsp3) is 0. The molecule has 0 amide bonds. The molecular formula is C20H12O3. The second-order valence-electron chi connectivity index (χ2n) is 5.45. The van der Waals surface area contributed by atoms with Gasteiger partial charge < -0.3 is 5.11 Å². The van der Waals surface area contributed by atoms with Gasteiger partial charge in [0.05, 0.1) is 0 Å². The van der Waals surface area contributed by atoms with E-state index >= 15 is 0 Å². The zero-order valence-corrected chi connectivity index (χ0v) is 12.1. The molecule has 0 fully saturated rings. The van der Waals surface area contributed by atoms with Crippen molar-refractivity contribution in [2.45, 2.75) is 0 Å². The average Bonchev–Trinajstić information content (AvgIpc) is 2.60. The summed E-state index contributed by atoms with van der Waals surface area (Å²) in [6, 6.07) is 21.0. The van der Waals surface area contributed by atoms with E-state index in [0.717, 1.165) is 26.9 Å². The minimum absolute atomic E-state index is 0.233. The molecule has 0 aliphatic heterocycles. The number of carbonyl (C=O) groups excluding carboxylic acids is 1. The first-order chi connectivity index (χ1) is 11.2. The minimum atomic E-state index is -1.44. The molecule has 3 heteroatoms. The monoisotopic (exact) mass is 300 g/mol. The summed E-state index contributed by atoms with van der Waals surface area (Å²) in [6.07, 6.45) is 0. The highest BCUT2D eigenvalue weighted by molar-refractivity contribution is 6.44. The van der Waals surface area contributed by atoms with E-state index in [-0.39, 0.29) is 5.56 Å². The topological polar surface area (TPSA) is 54.4 Å². The first kappa shape index (κ1) is 13.5. The zero-order chi connectivity index (χ0) is 16.0. The van der Waals surface area contributed by atoms with Crippen molar-refractivity contribution in [3.8, 4) is 0 Å². The lowest BCUT2D eigenvalue weighted by Gasteiger charge is -2.12. The molecule has 4 aromatic rings.